The maximum Gasteiger partial charge on any atom is 0.262 e. The van der Waals surface area contributed by atoms with E-state index < -0.39 is 27.0 Å². The van der Waals surface area contributed by atoms with Gasteiger partial charge < -0.3 is 9.47 Å². The molecule has 0 radical (unpaired) electrons. The standard InChI is InChI=1S/C42H36O2P2/c1-29-25-35-39(37(27-29)45(31-17-9-5-10-18-31)32-19-11-6-12-20-32)43-42(4)41(35,3)36-26-30(2)28-38(40(36)44-42)46(33-21-13-7-14-22-33)34-23-15-8-16-24-34/h5-28H,1-4H3. The molecule has 0 saturated carbocycles. The fraction of sp³-hybridized carbons (Fsp3) is 0.143. The summed E-state index contributed by atoms with van der Waals surface area (Å²) in [7, 11) is -1.71. The number of fused-ring (bicyclic) bond motifs is 5. The molecule has 0 saturated heterocycles. The second kappa shape index (κ2) is 11.2. The Labute approximate surface area is 274 Å². The normalized spacial score (nSPS) is 19.3. The highest BCUT2D eigenvalue weighted by Gasteiger charge is 2.64. The van der Waals surface area contributed by atoms with E-state index in [2.05, 4.69) is 173 Å². The van der Waals surface area contributed by atoms with Gasteiger partial charge in [-0.05, 0) is 81.1 Å². The van der Waals surface area contributed by atoms with E-state index in [-0.39, 0.29) is 0 Å². The molecule has 6 aromatic carbocycles. The Morgan fingerprint density at radius 3 is 1.04 bits per heavy atom. The lowest BCUT2D eigenvalue weighted by atomic mass is 9.72. The quantitative estimate of drug-likeness (QED) is 0.176. The third-order valence-corrected chi connectivity index (χ3v) is 14.4. The van der Waals surface area contributed by atoms with Gasteiger partial charge in [-0.2, -0.15) is 0 Å². The lowest BCUT2D eigenvalue weighted by molar-refractivity contribution is -0.0983. The molecule has 0 aromatic heterocycles. The molecule has 8 rings (SSSR count). The van der Waals surface area contributed by atoms with Crippen LogP contribution in [0.5, 0.6) is 11.5 Å². The molecule has 2 aliphatic heterocycles. The van der Waals surface area contributed by atoms with Crippen LogP contribution in [0.1, 0.15) is 36.1 Å². The van der Waals surface area contributed by atoms with Gasteiger partial charge in [0.15, 0.2) is 0 Å². The SMILES string of the molecule is Cc1cc(P(c2ccccc2)c2ccccc2)c2c(c1)C1(C)c3cc(C)cc(P(c4ccccc4)c4ccccc4)c3OC1(C)O2. The summed E-state index contributed by atoms with van der Waals surface area (Å²) in [6.45, 7) is 8.91. The maximum absolute atomic E-state index is 7.20. The van der Waals surface area contributed by atoms with E-state index in [4.69, 9.17) is 9.47 Å². The molecule has 2 nitrogen and oxygen atoms in total. The van der Waals surface area contributed by atoms with Gasteiger partial charge in [0.2, 0.25) is 0 Å². The van der Waals surface area contributed by atoms with Gasteiger partial charge >= 0.3 is 0 Å². The van der Waals surface area contributed by atoms with Crippen LogP contribution in [0, 0.1) is 13.8 Å². The Kier molecular flexibility index (Phi) is 7.13. The van der Waals surface area contributed by atoms with Crippen LogP contribution in [0.2, 0.25) is 0 Å². The Hall–Kier alpha value is -4.22. The highest BCUT2D eigenvalue weighted by Crippen LogP contribution is 2.61. The van der Waals surface area contributed by atoms with Crippen molar-refractivity contribution in [3.05, 3.63) is 168 Å². The van der Waals surface area contributed by atoms with Gasteiger partial charge in [0.1, 0.15) is 16.9 Å². The maximum atomic E-state index is 7.20. The van der Waals surface area contributed by atoms with E-state index in [1.807, 2.05) is 0 Å². The summed E-state index contributed by atoms with van der Waals surface area (Å²) in [6, 6.07) is 52.9. The van der Waals surface area contributed by atoms with Crippen molar-refractivity contribution < 1.29 is 9.47 Å². The Balaban J connectivity index is 1.35. The van der Waals surface area contributed by atoms with Gasteiger partial charge in [-0.1, -0.05) is 133 Å². The smallest absolute Gasteiger partial charge is 0.262 e. The van der Waals surface area contributed by atoms with Crippen LogP contribution in [-0.2, 0) is 5.41 Å². The molecule has 0 spiro atoms. The Morgan fingerprint density at radius 2 is 0.739 bits per heavy atom. The summed E-state index contributed by atoms with van der Waals surface area (Å²) in [4.78, 5) is 0. The Bertz CT molecular complexity index is 1820. The highest BCUT2D eigenvalue weighted by molar-refractivity contribution is 7.80. The van der Waals surface area contributed by atoms with Gasteiger partial charge in [0.25, 0.3) is 5.79 Å². The monoisotopic (exact) mass is 634 g/mol. The first-order valence-corrected chi connectivity index (χ1v) is 18.5. The summed E-state index contributed by atoms with van der Waals surface area (Å²) in [5.41, 5.74) is 4.40. The first-order valence-electron chi connectivity index (χ1n) is 15.9. The van der Waals surface area contributed by atoms with Crippen molar-refractivity contribution in [2.24, 2.45) is 0 Å². The number of hydrogen-bond acceptors (Lipinski definition) is 2. The minimum absolute atomic E-state index is 0.498. The molecule has 0 fully saturated rings. The summed E-state index contributed by atoms with van der Waals surface area (Å²) in [6.07, 6.45) is 0. The molecular formula is C42H36O2P2. The topological polar surface area (TPSA) is 18.5 Å². The minimum atomic E-state index is -0.897. The summed E-state index contributed by atoms with van der Waals surface area (Å²) in [5, 5.41) is 7.72. The van der Waals surface area contributed by atoms with Gasteiger partial charge in [0.05, 0.1) is 0 Å². The minimum Gasteiger partial charge on any atom is -0.450 e. The number of benzene rings is 6. The number of rotatable bonds is 6. The van der Waals surface area contributed by atoms with Crippen molar-refractivity contribution in [2.75, 3.05) is 0 Å². The van der Waals surface area contributed by atoms with Gasteiger partial charge in [0, 0.05) is 28.7 Å². The number of aryl methyl sites for hydroxylation is 2. The van der Waals surface area contributed by atoms with Crippen LogP contribution in [0.15, 0.2) is 146 Å². The van der Waals surface area contributed by atoms with Gasteiger partial charge in [-0.15, -0.1) is 0 Å². The second-order valence-corrected chi connectivity index (χ2v) is 17.0. The Morgan fingerprint density at radius 1 is 0.435 bits per heavy atom. The van der Waals surface area contributed by atoms with Crippen molar-refractivity contribution in [3.63, 3.8) is 0 Å². The first kappa shape index (κ1) is 29.2. The average molecular weight is 635 g/mol. The second-order valence-electron chi connectivity index (χ2n) is 12.6. The zero-order valence-electron chi connectivity index (χ0n) is 26.6. The molecule has 0 amide bonds. The number of ether oxygens (including phenoxy) is 2. The van der Waals surface area contributed by atoms with Crippen LogP contribution in [0.25, 0.3) is 0 Å². The molecule has 4 heteroatoms. The van der Waals surface area contributed by atoms with E-state index in [9.17, 15) is 0 Å². The van der Waals surface area contributed by atoms with Crippen LogP contribution in [0.3, 0.4) is 0 Å². The van der Waals surface area contributed by atoms with E-state index >= 15 is 0 Å². The van der Waals surface area contributed by atoms with Crippen molar-refractivity contribution in [3.8, 4) is 11.5 Å². The zero-order chi connectivity index (χ0) is 31.5. The van der Waals surface area contributed by atoms with Crippen LogP contribution in [-0.4, -0.2) is 5.79 Å². The van der Waals surface area contributed by atoms with Crippen molar-refractivity contribution in [1.82, 2.24) is 0 Å². The molecule has 2 heterocycles. The number of hydrogen-bond donors (Lipinski definition) is 0. The van der Waals surface area contributed by atoms with Crippen molar-refractivity contribution in [1.29, 1.82) is 0 Å². The molecule has 0 bridgehead atoms. The molecule has 0 atom stereocenters. The molecular weight excluding hydrogens is 598 g/mol. The fourth-order valence-corrected chi connectivity index (χ4v) is 12.2. The van der Waals surface area contributed by atoms with Crippen molar-refractivity contribution in [2.45, 2.75) is 38.9 Å². The van der Waals surface area contributed by atoms with E-state index in [1.165, 1.54) is 54.1 Å². The van der Waals surface area contributed by atoms with Crippen LogP contribution >= 0.6 is 15.8 Å². The van der Waals surface area contributed by atoms with E-state index in [1.54, 1.807) is 0 Å². The molecule has 0 N–H and O–H groups in total. The predicted molar refractivity (Wildman–Crippen MR) is 196 cm³/mol. The predicted octanol–water partition coefficient (Wildman–Crippen LogP) is 7.63. The zero-order valence-corrected chi connectivity index (χ0v) is 28.4. The summed E-state index contributed by atoms with van der Waals surface area (Å²) in [5.74, 6) is 1.04. The lowest BCUT2D eigenvalue weighted by Gasteiger charge is -2.31. The van der Waals surface area contributed by atoms with Gasteiger partial charge in [-0.25, -0.2) is 0 Å². The van der Waals surface area contributed by atoms with Crippen LogP contribution < -0.4 is 41.3 Å². The third kappa shape index (κ3) is 4.54. The van der Waals surface area contributed by atoms with E-state index in [0.717, 1.165) is 11.5 Å². The van der Waals surface area contributed by atoms with Gasteiger partial charge in [-0.3, -0.25) is 0 Å². The summed E-state index contributed by atoms with van der Waals surface area (Å²) < 4.78 is 14.4. The van der Waals surface area contributed by atoms with Crippen molar-refractivity contribution >= 4 is 47.7 Å². The molecule has 0 unspecified atom stereocenters. The largest absolute Gasteiger partial charge is 0.450 e. The fourth-order valence-electron chi connectivity index (χ4n) is 7.21. The molecule has 0 aliphatic carbocycles. The molecule has 2 aliphatic rings. The summed E-state index contributed by atoms with van der Waals surface area (Å²) >= 11 is 0. The lowest BCUT2D eigenvalue weighted by Crippen LogP contribution is -2.48. The molecule has 6 aromatic rings. The molecule has 226 valence electrons. The first-order chi connectivity index (χ1) is 22.4. The third-order valence-electron chi connectivity index (χ3n) is 9.55. The van der Waals surface area contributed by atoms with E-state index in [0.29, 0.717) is 0 Å². The molecule has 46 heavy (non-hydrogen) atoms. The average Bonchev–Trinajstić information content (AvgIpc) is 3.44. The van der Waals surface area contributed by atoms with Crippen LogP contribution in [0.4, 0.5) is 0 Å². The highest BCUT2D eigenvalue weighted by atomic mass is 31.1.